The number of hydrogen-bond donors (Lipinski definition) is 0. The van der Waals surface area contributed by atoms with Crippen molar-refractivity contribution in [3.8, 4) is 22.3 Å². The molecule has 0 spiro atoms. The quantitative estimate of drug-likeness (QED) is 0.157. The molecular formula is C46H42O2Zr. The normalized spacial score (nSPS) is 16.6. The van der Waals surface area contributed by atoms with Crippen LogP contribution in [0.2, 0.25) is 0 Å². The fourth-order valence-corrected chi connectivity index (χ4v) is 11.7. The number of rotatable bonds is 8. The second-order valence-corrected chi connectivity index (χ2v) is 17.7. The Kier molecular flexibility index (Phi) is 8.45. The van der Waals surface area contributed by atoms with E-state index in [-0.39, 0.29) is 11.8 Å². The molecule has 3 heteroatoms. The van der Waals surface area contributed by atoms with Gasteiger partial charge in [-0.15, -0.1) is 0 Å². The minimum atomic E-state index is -1.35. The molecule has 0 amide bonds. The van der Waals surface area contributed by atoms with E-state index < -0.39 is 23.2 Å². The number of hydrogen-bond acceptors (Lipinski definition) is 2. The van der Waals surface area contributed by atoms with Crippen LogP contribution in [0.15, 0.2) is 125 Å². The van der Waals surface area contributed by atoms with Gasteiger partial charge in [0, 0.05) is 0 Å². The Balaban J connectivity index is 1.25. The third kappa shape index (κ3) is 5.91. The first-order chi connectivity index (χ1) is 23.7. The third-order valence-corrected chi connectivity index (χ3v) is 13.8. The Hall–Kier alpha value is -4.20. The van der Waals surface area contributed by atoms with Crippen LogP contribution < -0.4 is 0 Å². The summed E-state index contributed by atoms with van der Waals surface area (Å²) in [6.07, 6.45) is 5.05. The van der Waals surface area contributed by atoms with Gasteiger partial charge in [0.15, 0.2) is 0 Å². The van der Waals surface area contributed by atoms with Gasteiger partial charge < -0.3 is 0 Å². The van der Waals surface area contributed by atoms with Crippen molar-refractivity contribution in [2.45, 2.75) is 65.2 Å². The summed E-state index contributed by atoms with van der Waals surface area (Å²) in [4.78, 5) is 0. The Morgan fingerprint density at radius 1 is 0.490 bits per heavy atom. The van der Waals surface area contributed by atoms with Crippen LogP contribution >= 0.6 is 0 Å². The van der Waals surface area contributed by atoms with Crippen molar-refractivity contribution < 1.29 is 32.1 Å². The summed E-state index contributed by atoms with van der Waals surface area (Å²) in [6.45, 7) is 13.1. The van der Waals surface area contributed by atoms with Crippen molar-refractivity contribution in [1.82, 2.24) is 0 Å². The van der Waals surface area contributed by atoms with E-state index in [1.807, 2.05) is 0 Å². The fraction of sp³-hybridized carbons (Fsp3) is 0.217. The molecule has 0 bridgehead atoms. The Labute approximate surface area is 302 Å². The van der Waals surface area contributed by atoms with Crippen LogP contribution in [0.3, 0.4) is 0 Å². The van der Waals surface area contributed by atoms with Crippen molar-refractivity contribution in [3.05, 3.63) is 172 Å². The van der Waals surface area contributed by atoms with Gasteiger partial charge in [0.1, 0.15) is 0 Å². The first-order valence-electron chi connectivity index (χ1n) is 17.5. The molecule has 0 fully saturated rings. The van der Waals surface area contributed by atoms with Gasteiger partial charge in [-0.2, -0.15) is 0 Å². The number of benzene rings is 4. The Morgan fingerprint density at radius 3 is 1.24 bits per heavy atom. The molecule has 242 valence electrons. The summed E-state index contributed by atoms with van der Waals surface area (Å²) in [6, 6.07) is 40.6. The molecule has 2 atom stereocenters. The summed E-state index contributed by atoms with van der Waals surface area (Å²) in [5.41, 5.74) is 13.2. The van der Waals surface area contributed by atoms with Gasteiger partial charge in [0.2, 0.25) is 0 Å². The van der Waals surface area contributed by atoms with Gasteiger partial charge in [-0.25, -0.2) is 0 Å². The maximum absolute atomic E-state index is 6.44. The SMILES string of the molecule is Cc1ccc(C2[C]([Zr][C]3=Cc4c(-c5ccc(C(C)C)cc5)cccc4C3c3ccc(C)o3)=Cc3c(-c4ccc(C(C)C)cc4)cccc32)o1. The molecule has 0 saturated heterocycles. The minimum absolute atomic E-state index is 0.122. The molecule has 2 aliphatic rings. The van der Waals surface area contributed by atoms with Crippen LogP contribution in [0.5, 0.6) is 0 Å². The van der Waals surface area contributed by atoms with Gasteiger partial charge in [-0.3, -0.25) is 0 Å². The fourth-order valence-electron chi connectivity index (χ4n) is 7.62. The van der Waals surface area contributed by atoms with E-state index in [0.29, 0.717) is 11.8 Å². The molecule has 2 aromatic heterocycles. The van der Waals surface area contributed by atoms with E-state index in [1.165, 1.54) is 62.2 Å². The first-order valence-corrected chi connectivity index (χ1v) is 20.0. The Morgan fingerprint density at radius 2 is 0.898 bits per heavy atom. The van der Waals surface area contributed by atoms with Crippen LogP contribution in [-0.4, -0.2) is 0 Å². The predicted octanol–water partition coefficient (Wildman–Crippen LogP) is 12.8. The van der Waals surface area contributed by atoms with Gasteiger partial charge in [0.05, 0.1) is 0 Å². The van der Waals surface area contributed by atoms with E-state index in [1.54, 1.807) is 0 Å². The topological polar surface area (TPSA) is 26.3 Å². The average Bonchev–Trinajstić information content (AvgIpc) is 3.89. The molecule has 0 N–H and O–H groups in total. The number of furan rings is 2. The molecule has 8 rings (SSSR count). The second-order valence-electron chi connectivity index (χ2n) is 14.3. The van der Waals surface area contributed by atoms with Gasteiger partial charge in [0.25, 0.3) is 0 Å². The molecule has 49 heavy (non-hydrogen) atoms. The maximum atomic E-state index is 6.44. The molecule has 0 aliphatic heterocycles. The van der Waals surface area contributed by atoms with Gasteiger partial charge in [-0.05, 0) is 0 Å². The molecular weight excluding hydrogens is 676 g/mol. The Bertz CT molecular complexity index is 2060. The molecule has 0 saturated carbocycles. The van der Waals surface area contributed by atoms with Crippen molar-refractivity contribution in [2.24, 2.45) is 0 Å². The molecule has 2 aliphatic carbocycles. The van der Waals surface area contributed by atoms with Gasteiger partial charge >= 0.3 is 304 Å². The molecule has 4 aromatic carbocycles. The zero-order chi connectivity index (χ0) is 33.8. The van der Waals surface area contributed by atoms with E-state index in [4.69, 9.17) is 8.83 Å². The molecule has 2 unspecified atom stereocenters. The van der Waals surface area contributed by atoms with Gasteiger partial charge in [-0.1, -0.05) is 0 Å². The van der Waals surface area contributed by atoms with Crippen molar-refractivity contribution in [1.29, 1.82) is 0 Å². The zero-order valence-electron chi connectivity index (χ0n) is 29.2. The summed E-state index contributed by atoms with van der Waals surface area (Å²) in [7, 11) is 0. The molecule has 2 nitrogen and oxygen atoms in total. The van der Waals surface area contributed by atoms with Crippen LogP contribution in [0.25, 0.3) is 34.4 Å². The number of allylic oxidation sites excluding steroid dienone is 2. The van der Waals surface area contributed by atoms with Crippen LogP contribution in [0.1, 0.15) is 108 Å². The van der Waals surface area contributed by atoms with Crippen molar-refractivity contribution in [3.63, 3.8) is 0 Å². The molecule has 6 aromatic rings. The summed E-state index contributed by atoms with van der Waals surface area (Å²) in [5, 5.41) is 0. The monoisotopic (exact) mass is 716 g/mol. The third-order valence-electron chi connectivity index (χ3n) is 10.3. The van der Waals surface area contributed by atoms with E-state index in [0.717, 1.165) is 23.0 Å². The predicted molar refractivity (Wildman–Crippen MR) is 198 cm³/mol. The van der Waals surface area contributed by atoms with Crippen molar-refractivity contribution >= 4 is 12.2 Å². The molecule has 2 heterocycles. The number of aryl methyl sites for hydroxylation is 2. The van der Waals surface area contributed by atoms with E-state index >= 15 is 0 Å². The van der Waals surface area contributed by atoms with Crippen LogP contribution in [0.4, 0.5) is 0 Å². The second kappa shape index (κ2) is 12.9. The molecule has 0 radical (unpaired) electrons. The van der Waals surface area contributed by atoms with Crippen LogP contribution in [-0.2, 0) is 23.2 Å². The summed E-state index contributed by atoms with van der Waals surface area (Å²) < 4.78 is 15.9. The number of fused-ring (bicyclic) bond motifs is 2. The average molecular weight is 718 g/mol. The zero-order valence-corrected chi connectivity index (χ0v) is 31.6. The van der Waals surface area contributed by atoms with Crippen molar-refractivity contribution in [2.75, 3.05) is 0 Å². The van der Waals surface area contributed by atoms with Crippen LogP contribution in [0, 0.1) is 13.8 Å². The van der Waals surface area contributed by atoms with E-state index in [2.05, 4.69) is 163 Å². The summed E-state index contributed by atoms with van der Waals surface area (Å²) >= 11 is -1.35. The summed E-state index contributed by atoms with van der Waals surface area (Å²) in [5.74, 6) is 5.27. The standard InChI is InChI=1S/2C23H21O.Zr/c2*1-15(2)17-8-10-18(11-9-17)19-5-4-6-20-21(19)12-13-22(20)23-14-7-16(3)24-23;/h2*4-12,14-15,22H,1-3H3;. The first kappa shape index (κ1) is 32.0. The van der Waals surface area contributed by atoms with E-state index in [9.17, 15) is 0 Å².